The quantitative estimate of drug-likeness (QED) is 0.459. The van der Waals surface area contributed by atoms with E-state index in [1.807, 2.05) is 17.2 Å². The number of hydrogen-bond acceptors (Lipinski definition) is 5. The largest absolute Gasteiger partial charge is 0.480 e. The van der Waals surface area contributed by atoms with Gasteiger partial charge in [0.1, 0.15) is 0 Å². The Morgan fingerprint density at radius 2 is 1.57 bits per heavy atom. The van der Waals surface area contributed by atoms with E-state index in [2.05, 4.69) is 0 Å². The van der Waals surface area contributed by atoms with Crippen molar-refractivity contribution >= 4 is 28.4 Å². The second-order valence-electron chi connectivity index (χ2n) is 5.06. The highest BCUT2D eigenvalue weighted by Gasteiger charge is 2.40. The zero-order valence-corrected chi connectivity index (χ0v) is 14.6. The van der Waals surface area contributed by atoms with Gasteiger partial charge in [0.25, 0.3) is 0 Å². The summed E-state index contributed by atoms with van der Waals surface area (Å²) in [4.78, 5) is 0. The molecular weight excluding hydrogens is 351 g/mol. The van der Waals surface area contributed by atoms with Crippen LogP contribution in [0.2, 0.25) is 19.1 Å². The Morgan fingerprint density at radius 3 is 2.00 bits per heavy atom. The lowest BCUT2D eigenvalue weighted by Gasteiger charge is -2.22. The lowest BCUT2D eigenvalue weighted by molar-refractivity contribution is -0.0425. The second-order valence-corrected chi connectivity index (χ2v) is 13.1. The van der Waals surface area contributed by atoms with Crippen LogP contribution in [0.25, 0.3) is 4.13 Å². The number of unbranched alkanes of at least 4 members (excludes halogenated alkanes) is 2. The maximum Gasteiger partial charge on any atom is 0.480 e. The topological polar surface area (TPSA) is 91.6 Å². The summed E-state index contributed by atoms with van der Waals surface area (Å²) in [6.07, 6.45) is 1.16. The molecule has 0 atom stereocenters. The summed E-state index contributed by atoms with van der Waals surface area (Å²) in [6.45, 7) is 3.96. The standard InChI is InChI=1S/C9H19F3NO5S2Si/c1-18-21(2,3)8-6-4-5-7-19(14,15)13-20(16,17)9(10,11)12/h4-8H2,1-3H3/q-1. The molecule has 0 saturated heterocycles. The van der Waals surface area contributed by atoms with Crippen LogP contribution in [0.3, 0.4) is 0 Å². The van der Waals surface area contributed by atoms with Crippen molar-refractivity contribution in [3.8, 4) is 0 Å². The molecule has 0 unspecified atom stereocenters. The third-order valence-corrected chi connectivity index (χ3v) is 8.48. The Hall–Kier alpha value is -0.173. The predicted molar refractivity (Wildman–Crippen MR) is 75.3 cm³/mol. The van der Waals surface area contributed by atoms with Crippen LogP contribution in [-0.4, -0.2) is 43.5 Å². The molecule has 0 spiro atoms. The summed E-state index contributed by atoms with van der Waals surface area (Å²) in [6, 6.07) is 0.779. The molecule has 0 rings (SSSR count). The Kier molecular flexibility index (Phi) is 7.33. The minimum Gasteiger partial charge on any atom is -0.428 e. The zero-order valence-electron chi connectivity index (χ0n) is 12.0. The smallest absolute Gasteiger partial charge is 0.428 e. The van der Waals surface area contributed by atoms with Gasteiger partial charge in [-0.05, 0) is 25.6 Å². The first-order valence-electron chi connectivity index (χ1n) is 6.06. The Balaban J connectivity index is 4.29. The molecule has 0 aromatic carbocycles. The molecule has 0 heterocycles. The van der Waals surface area contributed by atoms with Crippen LogP contribution in [0.5, 0.6) is 0 Å². The first-order valence-corrected chi connectivity index (χ1v) is 12.2. The highest BCUT2D eigenvalue weighted by molar-refractivity contribution is 8.12. The van der Waals surface area contributed by atoms with Crippen LogP contribution in [0, 0.1) is 0 Å². The number of rotatable bonds is 9. The van der Waals surface area contributed by atoms with E-state index in [9.17, 15) is 30.0 Å². The first kappa shape index (κ1) is 20.8. The normalized spacial score (nSPS) is 14.4. The third kappa shape index (κ3) is 8.14. The SMILES string of the molecule is CO[Si](C)(C)CCCCCS(=O)(=O)[N-]S(=O)(=O)C(F)(F)F. The van der Waals surface area contributed by atoms with Gasteiger partial charge in [-0.15, -0.1) is 0 Å². The van der Waals surface area contributed by atoms with Gasteiger partial charge in [0.05, 0.1) is 10.0 Å². The molecule has 12 heteroatoms. The molecule has 0 aromatic rings. The van der Waals surface area contributed by atoms with Gasteiger partial charge >= 0.3 is 5.51 Å². The number of alkyl halides is 3. The van der Waals surface area contributed by atoms with Crippen molar-refractivity contribution in [2.24, 2.45) is 0 Å². The van der Waals surface area contributed by atoms with Gasteiger partial charge in [-0.2, -0.15) is 13.2 Å². The summed E-state index contributed by atoms with van der Waals surface area (Å²) < 4.78 is 87.1. The van der Waals surface area contributed by atoms with Crippen LogP contribution >= 0.6 is 0 Å². The zero-order chi connectivity index (χ0) is 16.9. The predicted octanol–water partition coefficient (Wildman–Crippen LogP) is 2.56. The van der Waals surface area contributed by atoms with Crippen molar-refractivity contribution in [2.45, 2.75) is 43.9 Å². The van der Waals surface area contributed by atoms with E-state index in [0.29, 0.717) is 12.8 Å². The van der Waals surface area contributed by atoms with E-state index in [-0.39, 0.29) is 6.42 Å². The molecule has 0 N–H and O–H groups in total. The molecule has 0 radical (unpaired) electrons. The van der Waals surface area contributed by atoms with Gasteiger partial charge in [-0.1, -0.05) is 12.8 Å². The maximum atomic E-state index is 12.0. The first-order chi connectivity index (χ1) is 9.22. The molecular formula is C9H19F3NO5S2Si-. The fraction of sp³-hybridized carbons (Fsp3) is 1.00. The number of hydrogen-bond donors (Lipinski definition) is 0. The van der Waals surface area contributed by atoms with Crippen molar-refractivity contribution in [1.82, 2.24) is 0 Å². The van der Waals surface area contributed by atoms with Gasteiger partial charge < -0.3 is 8.55 Å². The molecule has 128 valence electrons. The van der Waals surface area contributed by atoms with Crippen molar-refractivity contribution in [2.75, 3.05) is 12.9 Å². The average Bonchev–Trinajstić information content (AvgIpc) is 2.25. The van der Waals surface area contributed by atoms with Crippen LogP contribution in [0.4, 0.5) is 13.2 Å². The minimum absolute atomic E-state index is 0.0490. The van der Waals surface area contributed by atoms with E-state index in [4.69, 9.17) is 4.43 Å². The monoisotopic (exact) mass is 370 g/mol. The molecule has 6 nitrogen and oxygen atoms in total. The summed E-state index contributed by atoms with van der Waals surface area (Å²) >= 11 is 0. The highest BCUT2D eigenvalue weighted by Crippen LogP contribution is 2.30. The van der Waals surface area contributed by atoms with E-state index in [1.54, 1.807) is 7.11 Å². The van der Waals surface area contributed by atoms with Crippen LogP contribution in [0.1, 0.15) is 19.3 Å². The van der Waals surface area contributed by atoms with Gasteiger partial charge in [-0.3, -0.25) is 0 Å². The maximum absolute atomic E-state index is 12.0. The molecule has 0 saturated carbocycles. The molecule has 0 aliphatic heterocycles. The van der Waals surface area contributed by atoms with Gasteiger partial charge in [0.2, 0.25) is 0 Å². The fourth-order valence-corrected chi connectivity index (χ4v) is 5.05. The summed E-state index contributed by atoms with van der Waals surface area (Å²) in [5, 5.41) is 0. The van der Waals surface area contributed by atoms with E-state index >= 15 is 0 Å². The average molecular weight is 370 g/mol. The molecule has 0 aromatic heterocycles. The summed E-state index contributed by atoms with van der Waals surface area (Å²) in [7, 11) is -10.8. The summed E-state index contributed by atoms with van der Waals surface area (Å²) in [5.74, 6) is -0.725. The molecule has 0 amide bonds. The number of halogens is 3. The van der Waals surface area contributed by atoms with Gasteiger partial charge in [0, 0.05) is 12.9 Å². The number of nitrogens with zero attached hydrogens (tertiary/aromatic N) is 1. The lowest BCUT2D eigenvalue weighted by atomic mass is 10.3. The molecule has 0 bridgehead atoms. The van der Waals surface area contributed by atoms with Crippen molar-refractivity contribution < 1.29 is 34.4 Å². The molecule has 0 aliphatic rings. The van der Waals surface area contributed by atoms with Crippen LogP contribution in [-0.2, 0) is 24.5 Å². The van der Waals surface area contributed by atoms with Crippen LogP contribution < -0.4 is 0 Å². The number of sulfonamides is 2. The Morgan fingerprint density at radius 1 is 1.05 bits per heavy atom. The van der Waals surface area contributed by atoms with E-state index in [0.717, 1.165) is 6.04 Å². The third-order valence-electron chi connectivity index (χ3n) is 2.74. The summed E-state index contributed by atoms with van der Waals surface area (Å²) in [5.41, 5.74) is -5.70. The van der Waals surface area contributed by atoms with Crippen LogP contribution in [0.15, 0.2) is 0 Å². The second kappa shape index (κ2) is 7.40. The molecule has 21 heavy (non-hydrogen) atoms. The van der Waals surface area contributed by atoms with Crippen molar-refractivity contribution in [1.29, 1.82) is 0 Å². The Labute approximate surface area is 124 Å². The lowest BCUT2D eigenvalue weighted by Crippen LogP contribution is -2.28. The van der Waals surface area contributed by atoms with Crippen molar-refractivity contribution in [3.05, 3.63) is 4.13 Å². The van der Waals surface area contributed by atoms with E-state index in [1.165, 1.54) is 0 Å². The van der Waals surface area contributed by atoms with Gasteiger partial charge in [-0.25, -0.2) is 16.8 Å². The highest BCUT2D eigenvalue weighted by atomic mass is 32.3. The Bertz CT molecular complexity index is 530. The molecule has 0 fully saturated rings. The van der Waals surface area contributed by atoms with E-state index < -0.39 is 39.6 Å². The fourth-order valence-electron chi connectivity index (χ4n) is 1.34. The van der Waals surface area contributed by atoms with Crippen molar-refractivity contribution in [3.63, 3.8) is 0 Å². The molecule has 0 aliphatic carbocycles. The van der Waals surface area contributed by atoms with Gasteiger partial charge in [0.15, 0.2) is 18.3 Å². The minimum atomic E-state index is -6.00.